The fourth-order valence-electron chi connectivity index (χ4n) is 2.46. The number of carboxylic acid groups (broad SMARTS) is 1. The maximum absolute atomic E-state index is 13.7. The SMILES string of the molecule is CC1C(C(=O)O)CCN1C(=O)c1cc(F)c(F)c(O)c1F. The molecular weight excluding hydrogens is 291 g/mol. The number of halogens is 3. The highest BCUT2D eigenvalue weighted by atomic mass is 19.2. The molecule has 0 radical (unpaired) electrons. The van der Waals surface area contributed by atoms with Gasteiger partial charge in [-0.2, -0.15) is 4.39 Å². The van der Waals surface area contributed by atoms with E-state index in [9.17, 15) is 22.8 Å². The molecule has 2 N–H and O–H groups in total. The van der Waals surface area contributed by atoms with E-state index in [2.05, 4.69) is 0 Å². The highest BCUT2D eigenvalue weighted by Gasteiger charge is 2.39. The lowest BCUT2D eigenvalue weighted by Gasteiger charge is -2.23. The quantitative estimate of drug-likeness (QED) is 0.816. The van der Waals surface area contributed by atoms with E-state index < -0.39 is 52.6 Å². The van der Waals surface area contributed by atoms with Gasteiger partial charge in [0, 0.05) is 12.6 Å². The van der Waals surface area contributed by atoms with E-state index in [1.54, 1.807) is 0 Å². The summed E-state index contributed by atoms with van der Waals surface area (Å²) in [4.78, 5) is 24.2. The van der Waals surface area contributed by atoms with Gasteiger partial charge in [-0.3, -0.25) is 9.59 Å². The minimum atomic E-state index is -1.78. The van der Waals surface area contributed by atoms with Gasteiger partial charge in [0.2, 0.25) is 5.82 Å². The summed E-state index contributed by atoms with van der Waals surface area (Å²) in [7, 11) is 0. The van der Waals surface area contributed by atoms with Crippen LogP contribution in [0.25, 0.3) is 0 Å². The number of phenolic OH excluding ortho intramolecular Hbond substituents is 1. The maximum Gasteiger partial charge on any atom is 0.308 e. The molecule has 0 aliphatic carbocycles. The molecule has 2 atom stereocenters. The molecule has 0 spiro atoms. The molecule has 1 aliphatic rings. The standard InChI is InChI=1S/C13H12F3NO4/c1-5-6(13(20)21)2-3-17(5)12(19)7-4-8(14)10(16)11(18)9(7)15/h4-6,18H,2-3H2,1H3,(H,20,21). The van der Waals surface area contributed by atoms with Crippen LogP contribution >= 0.6 is 0 Å². The molecule has 1 heterocycles. The summed E-state index contributed by atoms with van der Waals surface area (Å²) in [5.74, 6) is -9.36. The first kappa shape index (κ1) is 15.1. The third-order valence-electron chi connectivity index (χ3n) is 3.70. The Morgan fingerprint density at radius 1 is 1.29 bits per heavy atom. The maximum atomic E-state index is 13.7. The van der Waals surface area contributed by atoms with Crippen molar-refractivity contribution in [3.8, 4) is 5.75 Å². The summed E-state index contributed by atoms with van der Waals surface area (Å²) in [5.41, 5.74) is -0.829. The molecule has 1 amide bonds. The van der Waals surface area contributed by atoms with Crippen molar-refractivity contribution in [3.63, 3.8) is 0 Å². The molecule has 2 rings (SSSR count). The fourth-order valence-corrected chi connectivity index (χ4v) is 2.46. The van der Waals surface area contributed by atoms with Gasteiger partial charge in [0.1, 0.15) is 0 Å². The summed E-state index contributed by atoms with van der Waals surface area (Å²) in [6.45, 7) is 1.53. The van der Waals surface area contributed by atoms with Crippen LogP contribution in [-0.2, 0) is 4.79 Å². The topological polar surface area (TPSA) is 77.8 Å². The minimum Gasteiger partial charge on any atom is -0.503 e. The highest BCUT2D eigenvalue weighted by molar-refractivity contribution is 5.95. The number of nitrogens with zero attached hydrogens (tertiary/aromatic N) is 1. The molecule has 1 saturated heterocycles. The van der Waals surface area contributed by atoms with Gasteiger partial charge in [-0.15, -0.1) is 0 Å². The lowest BCUT2D eigenvalue weighted by molar-refractivity contribution is -0.142. The molecule has 2 unspecified atom stereocenters. The van der Waals surface area contributed by atoms with Gasteiger partial charge < -0.3 is 15.1 Å². The predicted molar refractivity (Wildman–Crippen MR) is 64.2 cm³/mol. The van der Waals surface area contributed by atoms with Crippen molar-refractivity contribution in [2.24, 2.45) is 5.92 Å². The van der Waals surface area contributed by atoms with Crippen molar-refractivity contribution >= 4 is 11.9 Å². The van der Waals surface area contributed by atoms with E-state index in [-0.39, 0.29) is 13.0 Å². The van der Waals surface area contributed by atoms with Crippen molar-refractivity contribution in [3.05, 3.63) is 29.1 Å². The molecule has 5 nitrogen and oxygen atoms in total. The Morgan fingerprint density at radius 3 is 2.43 bits per heavy atom. The van der Waals surface area contributed by atoms with Crippen LogP contribution in [0.5, 0.6) is 5.75 Å². The predicted octanol–water partition coefficient (Wildman–Crippen LogP) is 1.74. The first-order valence-electron chi connectivity index (χ1n) is 6.16. The molecular formula is C13H12F3NO4. The number of amides is 1. The molecule has 0 bridgehead atoms. The average molecular weight is 303 g/mol. The second-order valence-corrected chi connectivity index (χ2v) is 4.86. The van der Waals surface area contributed by atoms with Crippen LogP contribution in [0.15, 0.2) is 6.07 Å². The van der Waals surface area contributed by atoms with E-state index in [1.807, 2.05) is 0 Å². The number of hydrogen-bond donors (Lipinski definition) is 2. The average Bonchev–Trinajstić information content (AvgIpc) is 2.81. The first-order chi connectivity index (χ1) is 9.75. The number of carboxylic acids is 1. The molecule has 1 aromatic rings. The molecule has 114 valence electrons. The first-order valence-corrected chi connectivity index (χ1v) is 6.16. The lowest BCUT2D eigenvalue weighted by Crippen LogP contribution is -2.38. The van der Waals surface area contributed by atoms with Gasteiger partial charge in [0.15, 0.2) is 17.4 Å². The zero-order chi connectivity index (χ0) is 15.9. The molecule has 0 saturated carbocycles. The number of benzene rings is 1. The van der Waals surface area contributed by atoms with Gasteiger partial charge in [-0.25, -0.2) is 8.78 Å². The van der Waals surface area contributed by atoms with E-state index >= 15 is 0 Å². The van der Waals surface area contributed by atoms with Gasteiger partial charge in [-0.05, 0) is 19.4 Å². The van der Waals surface area contributed by atoms with Crippen molar-refractivity contribution in [1.82, 2.24) is 4.90 Å². The normalized spacial score (nSPS) is 21.6. The van der Waals surface area contributed by atoms with Crippen LogP contribution < -0.4 is 0 Å². The van der Waals surface area contributed by atoms with E-state index in [0.717, 1.165) is 4.90 Å². The van der Waals surface area contributed by atoms with Crippen molar-refractivity contribution in [1.29, 1.82) is 0 Å². The van der Waals surface area contributed by atoms with Crippen LogP contribution in [0.1, 0.15) is 23.7 Å². The monoisotopic (exact) mass is 303 g/mol. The largest absolute Gasteiger partial charge is 0.503 e. The zero-order valence-corrected chi connectivity index (χ0v) is 10.9. The van der Waals surface area contributed by atoms with E-state index in [0.29, 0.717) is 6.07 Å². The Hall–Kier alpha value is -2.25. The van der Waals surface area contributed by atoms with Crippen molar-refractivity contribution in [2.45, 2.75) is 19.4 Å². The Morgan fingerprint density at radius 2 is 1.90 bits per heavy atom. The number of likely N-dealkylation sites (tertiary alicyclic amines) is 1. The van der Waals surface area contributed by atoms with Gasteiger partial charge in [0.05, 0.1) is 11.5 Å². The molecule has 0 aromatic heterocycles. The molecule has 1 fully saturated rings. The molecule has 21 heavy (non-hydrogen) atoms. The number of hydrogen-bond acceptors (Lipinski definition) is 3. The minimum absolute atomic E-state index is 0.0518. The third kappa shape index (κ3) is 2.41. The fraction of sp³-hybridized carbons (Fsp3) is 0.385. The van der Waals surface area contributed by atoms with Crippen LogP contribution in [0.4, 0.5) is 13.2 Å². The van der Waals surface area contributed by atoms with Crippen LogP contribution in [-0.4, -0.2) is 39.6 Å². The number of rotatable bonds is 2. The second kappa shape index (κ2) is 5.27. The van der Waals surface area contributed by atoms with Crippen LogP contribution in [0.3, 0.4) is 0 Å². The summed E-state index contributed by atoms with van der Waals surface area (Å²) in [6.07, 6.45) is 0.180. The summed E-state index contributed by atoms with van der Waals surface area (Å²) >= 11 is 0. The van der Waals surface area contributed by atoms with Crippen LogP contribution in [0.2, 0.25) is 0 Å². The highest BCUT2D eigenvalue weighted by Crippen LogP contribution is 2.30. The van der Waals surface area contributed by atoms with E-state index in [4.69, 9.17) is 10.2 Å². The number of aromatic hydroxyl groups is 1. The molecule has 1 aliphatic heterocycles. The van der Waals surface area contributed by atoms with Crippen LogP contribution in [0, 0.1) is 23.4 Å². The Balaban J connectivity index is 2.36. The second-order valence-electron chi connectivity index (χ2n) is 4.86. The Bertz CT molecular complexity index is 620. The Labute approximate surface area is 117 Å². The van der Waals surface area contributed by atoms with Crippen molar-refractivity contribution in [2.75, 3.05) is 6.54 Å². The summed E-state index contributed by atoms with van der Waals surface area (Å²) in [5, 5.41) is 18.1. The number of carbonyl (C=O) groups is 2. The van der Waals surface area contributed by atoms with Gasteiger partial charge >= 0.3 is 5.97 Å². The van der Waals surface area contributed by atoms with Crippen molar-refractivity contribution < 1.29 is 33.0 Å². The van der Waals surface area contributed by atoms with Gasteiger partial charge in [0.25, 0.3) is 5.91 Å². The molecule has 8 heteroatoms. The number of aliphatic carboxylic acids is 1. The summed E-state index contributed by atoms with van der Waals surface area (Å²) in [6, 6.07) is -0.363. The summed E-state index contributed by atoms with van der Waals surface area (Å²) < 4.78 is 39.9. The smallest absolute Gasteiger partial charge is 0.308 e. The van der Waals surface area contributed by atoms with E-state index in [1.165, 1.54) is 6.92 Å². The zero-order valence-electron chi connectivity index (χ0n) is 10.9. The van der Waals surface area contributed by atoms with Gasteiger partial charge in [-0.1, -0.05) is 0 Å². The molecule has 1 aromatic carbocycles. The lowest BCUT2D eigenvalue weighted by atomic mass is 10.0. The third-order valence-corrected chi connectivity index (χ3v) is 3.70. The Kier molecular flexibility index (Phi) is 3.80. The number of carbonyl (C=O) groups excluding carboxylic acids is 1. The number of phenols is 1.